The van der Waals surface area contributed by atoms with Gasteiger partial charge in [0.1, 0.15) is 5.82 Å². The highest BCUT2D eigenvalue weighted by atomic mass is 19.3. The Bertz CT molecular complexity index is 432. The van der Waals surface area contributed by atoms with E-state index in [9.17, 15) is 22.8 Å². The number of amides is 1. The minimum atomic E-state index is -3.26. The third-order valence-electron chi connectivity index (χ3n) is 1.84. The lowest BCUT2D eigenvalue weighted by molar-refractivity contribution is -0.126. The number of ketones is 1. The van der Waals surface area contributed by atoms with Gasteiger partial charge in [-0.05, 0) is 19.1 Å². The summed E-state index contributed by atoms with van der Waals surface area (Å²) in [7, 11) is 0. The molecule has 0 bridgehead atoms. The third-order valence-corrected chi connectivity index (χ3v) is 1.84. The van der Waals surface area contributed by atoms with Crippen LogP contribution in [0, 0.1) is 5.82 Å². The number of rotatable bonds is 3. The molecule has 0 radical (unpaired) electrons. The second-order valence-electron chi connectivity index (χ2n) is 3.01. The first-order valence-electron chi connectivity index (χ1n) is 4.32. The van der Waals surface area contributed by atoms with E-state index < -0.39 is 29.6 Å². The number of anilines is 1. The number of benzene rings is 1. The van der Waals surface area contributed by atoms with Crippen LogP contribution in [0.1, 0.15) is 17.3 Å². The van der Waals surface area contributed by atoms with Crippen LogP contribution in [-0.4, -0.2) is 18.1 Å². The van der Waals surface area contributed by atoms with Crippen LogP contribution in [-0.2, 0) is 4.79 Å². The van der Waals surface area contributed by atoms with Crippen molar-refractivity contribution in [2.45, 2.75) is 13.3 Å². The lowest BCUT2D eigenvalue weighted by Gasteiger charge is -2.09. The van der Waals surface area contributed by atoms with E-state index in [2.05, 4.69) is 0 Å². The van der Waals surface area contributed by atoms with E-state index in [1.165, 1.54) is 12.1 Å². The van der Waals surface area contributed by atoms with Crippen molar-refractivity contribution in [3.05, 3.63) is 29.6 Å². The third kappa shape index (κ3) is 2.59. The monoisotopic (exact) mass is 231 g/mol. The highest BCUT2D eigenvalue weighted by Gasteiger charge is 2.20. The Morgan fingerprint density at radius 2 is 1.94 bits per heavy atom. The molecule has 0 saturated carbocycles. The summed E-state index contributed by atoms with van der Waals surface area (Å²) in [5.41, 5.74) is -0.658. The van der Waals surface area contributed by atoms with Crippen molar-refractivity contribution in [3.63, 3.8) is 0 Å². The average Bonchev–Trinajstić information content (AvgIpc) is 2.20. The summed E-state index contributed by atoms with van der Waals surface area (Å²) in [5, 5.41) is 1.67. The predicted molar refractivity (Wildman–Crippen MR) is 51.0 cm³/mol. The maximum absolute atomic E-state index is 13.2. The Morgan fingerprint density at radius 1 is 1.31 bits per heavy atom. The zero-order valence-corrected chi connectivity index (χ0v) is 8.26. The first-order valence-corrected chi connectivity index (χ1v) is 4.32. The van der Waals surface area contributed by atoms with E-state index in [4.69, 9.17) is 0 Å². The molecule has 1 aromatic carbocycles. The SMILES string of the molecule is CC(=O)c1cccc(F)c1NC(=O)C(F)F. The van der Waals surface area contributed by atoms with Crippen LogP contribution in [0.2, 0.25) is 0 Å². The number of carbonyl (C=O) groups excluding carboxylic acids is 2. The van der Waals surface area contributed by atoms with Gasteiger partial charge >= 0.3 is 6.43 Å². The average molecular weight is 231 g/mol. The predicted octanol–water partition coefficient (Wildman–Crippen LogP) is 2.23. The molecule has 1 aromatic rings. The molecule has 0 saturated heterocycles. The summed E-state index contributed by atoms with van der Waals surface area (Å²) in [4.78, 5) is 21.8. The normalized spacial score (nSPS) is 10.3. The summed E-state index contributed by atoms with van der Waals surface area (Å²) in [6, 6.07) is 3.46. The van der Waals surface area contributed by atoms with E-state index in [1.807, 2.05) is 0 Å². The van der Waals surface area contributed by atoms with Gasteiger partial charge in [-0.3, -0.25) is 9.59 Å². The Morgan fingerprint density at radius 3 is 2.44 bits per heavy atom. The number of nitrogens with one attached hydrogen (secondary N) is 1. The molecular weight excluding hydrogens is 223 g/mol. The second-order valence-corrected chi connectivity index (χ2v) is 3.01. The van der Waals surface area contributed by atoms with E-state index in [1.54, 1.807) is 5.32 Å². The van der Waals surface area contributed by atoms with Crippen LogP contribution in [0.25, 0.3) is 0 Å². The van der Waals surface area contributed by atoms with Gasteiger partial charge in [0.25, 0.3) is 5.91 Å². The van der Waals surface area contributed by atoms with E-state index in [0.717, 1.165) is 13.0 Å². The van der Waals surface area contributed by atoms with Gasteiger partial charge in [-0.1, -0.05) is 6.07 Å². The van der Waals surface area contributed by atoms with Crippen molar-refractivity contribution in [1.82, 2.24) is 0 Å². The number of para-hydroxylation sites is 1. The highest BCUT2D eigenvalue weighted by Crippen LogP contribution is 2.20. The molecule has 0 fully saturated rings. The number of hydrogen-bond donors (Lipinski definition) is 1. The van der Waals surface area contributed by atoms with E-state index in [0.29, 0.717) is 0 Å². The molecule has 0 heterocycles. The van der Waals surface area contributed by atoms with Crippen LogP contribution in [0.4, 0.5) is 18.9 Å². The van der Waals surface area contributed by atoms with Crippen molar-refractivity contribution in [2.24, 2.45) is 0 Å². The number of Topliss-reactive ketones (excluding diaryl/α,β-unsaturated/α-hetero) is 1. The molecule has 86 valence electrons. The number of alkyl halides is 2. The minimum absolute atomic E-state index is 0.144. The van der Waals surface area contributed by atoms with Gasteiger partial charge in [0.15, 0.2) is 5.78 Å². The van der Waals surface area contributed by atoms with Crippen molar-refractivity contribution in [2.75, 3.05) is 5.32 Å². The van der Waals surface area contributed by atoms with E-state index in [-0.39, 0.29) is 5.56 Å². The van der Waals surface area contributed by atoms with Gasteiger partial charge in [-0.2, -0.15) is 8.78 Å². The lowest BCUT2D eigenvalue weighted by atomic mass is 10.1. The summed E-state index contributed by atoms with van der Waals surface area (Å²) in [6.45, 7) is 1.15. The van der Waals surface area contributed by atoms with Gasteiger partial charge in [-0.15, -0.1) is 0 Å². The Labute approximate surface area is 89.3 Å². The summed E-state index contributed by atoms with van der Waals surface area (Å²) < 4.78 is 37.1. The number of halogens is 3. The van der Waals surface area contributed by atoms with Gasteiger partial charge < -0.3 is 5.32 Å². The molecule has 0 unspecified atom stereocenters. The molecule has 0 atom stereocenters. The summed E-state index contributed by atoms with van der Waals surface area (Å²) in [5.74, 6) is -3.10. The molecular formula is C10H8F3NO2. The largest absolute Gasteiger partial charge is 0.318 e. The highest BCUT2D eigenvalue weighted by molar-refractivity contribution is 6.04. The second kappa shape index (κ2) is 4.78. The van der Waals surface area contributed by atoms with Crippen LogP contribution in [0.5, 0.6) is 0 Å². The Hall–Kier alpha value is -1.85. The molecule has 6 heteroatoms. The molecule has 1 amide bonds. The fourth-order valence-corrected chi connectivity index (χ4v) is 1.12. The molecule has 16 heavy (non-hydrogen) atoms. The maximum Gasteiger partial charge on any atom is 0.315 e. The van der Waals surface area contributed by atoms with Crippen LogP contribution >= 0.6 is 0 Å². The Balaban J connectivity index is 3.11. The fourth-order valence-electron chi connectivity index (χ4n) is 1.12. The molecule has 1 rings (SSSR count). The van der Waals surface area contributed by atoms with E-state index >= 15 is 0 Å². The quantitative estimate of drug-likeness (QED) is 0.811. The van der Waals surface area contributed by atoms with Crippen LogP contribution in [0.3, 0.4) is 0 Å². The molecule has 0 aliphatic rings. The smallest absolute Gasteiger partial charge is 0.315 e. The zero-order valence-electron chi connectivity index (χ0n) is 8.26. The van der Waals surface area contributed by atoms with Crippen molar-refractivity contribution in [3.8, 4) is 0 Å². The molecule has 3 nitrogen and oxygen atoms in total. The van der Waals surface area contributed by atoms with Crippen LogP contribution < -0.4 is 5.32 Å². The molecule has 1 N–H and O–H groups in total. The molecule has 0 aromatic heterocycles. The van der Waals surface area contributed by atoms with Crippen molar-refractivity contribution < 1.29 is 22.8 Å². The van der Waals surface area contributed by atoms with Crippen LogP contribution in [0.15, 0.2) is 18.2 Å². The Kier molecular flexibility index (Phi) is 3.65. The van der Waals surface area contributed by atoms with Crippen molar-refractivity contribution in [1.29, 1.82) is 0 Å². The van der Waals surface area contributed by atoms with Crippen molar-refractivity contribution >= 4 is 17.4 Å². The minimum Gasteiger partial charge on any atom is -0.318 e. The molecule has 0 aliphatic carbocycles. The standard InChI is InChI=1S/C10H8F3NO2/c1-5(15)6-3-2-4-7(11)8(6)14-10(16)9(12)13/h2-4,9H,1H3,(H,14,16). The van der Waals surface area contributed by atoms with Gasteiger partial charge in [-0.25, -0.2) is 4.39 Å². The first-order chi connectivity index (χ1) is 7.43. The first kappa shape index (κ1) is 12.2. The molecule has 0 aliphatic heterocycles. The van der Waals surface area contributed by atoms with Gasteiger partial charge in [0, 0.05) is 5.56 Å². The summed E-state index contributed by atoms with van der Waals surface area (Å²) >= 11 is 0. The zero-order chi connectivity index (χ0) is 12.3. The van der Waals surface area contributed by atoms with Gasteiger partial charge in [0.2, 0.25) is 0 Å². The van der Waals surface area contributed by atoms with Gasteiger partial charge in [0.05, 0.1) is 5.69 Å². The number of carbonyl (C=O) groups is 2. The topological polar surface area (TPSA) is 46.2 Å². The number of hydrogen-bond acceptors (Lipinski definition) is 2. The lowest BCUT2D eigenvalue weighted by Crippen LogP contribution is -2.22. The fraction of sp³-hybridized carbons (Fsp3) is 0.200. The summed E-state index contributed by atoms with van der Waals surface area (Å²) in [6.07, 6.45) is -3.26. The maximum atomic E-state index is 13.2. The molecule has 0 spiro atoms.